The molecule has 0 aromatic heterocycles. The standard InChI is InChI=1S/C6H10BrF/c7-5-6(8)3-1-2-4-6/h1-5H2. The van der Waals surface area contributed by atoms with Crippen molar-refractivity contribution in [2.75, 3.05) is 5.33 Å². The van der Waals surface area contributed by atoms with Crippen LogP contribution in [0, 0.1) is 0 Å². The second kappa shape index (κ2) is 2.34. The fraction of sp³-hybridized carbons (Fsp3) is 1.00. The van der Waals surface area contributed by atoms with Crippen LogP contribution in [0.4, 0.5) is 4.39 Å². The monoisotopic (exact) mass is 180 g/mol. The summed E-state index contributed by atoms with van der Waals surface area (Å²) < 4.78 is 13.0. The Bertz CT molecular complexity index is 76.6. The van der Waals surface area contributed by atoms with E-state index in [9.17, 15) is 4.39 Å². The molecule has 0 aromatic carbocycles. The molecule has 0 bridgehead atoms. The summed E-state index contributed by atoms with van der Waals surface area (Å²) in [4.78, 5) is 0. The van der Waals surface area contributed by atoms with Crippen LogP contribution in [0.3, 0.4) is 0 Å². The Morgan fingerprint density at radius 3 is 2.12 bits per heavy atom. The first-order chi connectivity index (χ1) is 3.77. The van der Waals surface area contributed by atoms with Crippen molar-refractivity contribution >= 4 is 15.9 Å². The summed E-state index contributed by atoms with van der Waals surface area (Å²) in [6.07, 6.45) is 3.67. The Kier molecular flexibility index (Phi) is 1.91. The van der Waals surface area contributed by atoms with Crippen LogP contribution >= 0.6 is 15.9 Å². The van der Waals surface area contributed by atoms with Crippen molar-refractivity contribution in [2.24, 2.45) is 0 Å². The molecule has 0 nitrogen and oxygen atoms in total. The minimum absolute atomic E-state index is 0.528. The molecule has 0 atom stereocenters. The van der Waals surface area contributed by atoms with Gasteiger partial charge in [-0.05, 0) is 12.8 Å². The number of alkyl halides is 2. The highest BCUT2D eigenvalue weighted by Crippen LogP contribution is 2.34. The molecule has 0 unspecified atom stereocenters. The van der Waals surface area contributed by atoms with Crippen LogP contribution in [0.1, 0.15) is 25.7 Å². The molecular weight excluding hydrogens is 171 g/mol. The molecule has 1 aliphatic carbocycles. The zero-order valence-corrected chi connectivity index (χ0v) is 6.38. The quantitative estimate of drug-likeness (QED) is 0.545. The van der Waals surface area contributed by atoms with Crippen LogP contribution < -0.4 is 0 Å². The summed E-state index contributed by atoms with van der Waals surface area (Å²) in [5, 5.41) is 0.528. The second-order valence-electron chi connectivity index (χ2n) is 2.49. The van der Waals surface area contributed by atoms with Gasteiger partial charge in [0.05, 0.1) is 0 Å². The van der Waals surface area contributed by atoms with Crippen molar-refractivity contribution in [2.45, 2.75) is 31.4 Å². The van der Waals surface area contributed by atoms with E-state index < -0.39 is 5.67 Å². The van der Waals surface area contributed by atoms with Crippen molar-refractivity contribution in [3.63, 3.8) is 0 Å². The molecule has 1 rings (SSSR count). The van der Waals surface area contributed by atoms with Gasteiger partial charge in [-0.15, -0.1) is 0 Å². The third-order valence-corrected chi connectivity index (χ3v) is 2.74. The fourth-order valence-corrected chi connectivity index (χ4v) is 1.70. The minimum atomic E-state index is -0.847. The maximum absolute atomic E-state index is 13.0. The maximum Gasteiger partial charge on any atom is 0.120 e. The average molecular weight is 181 g/mol. The van der Waals surface area contributed by atoms with E-state index in [4.69, 9.17) is 0 Å². The summed E-state index contributed by atoms with van der Waals surface area (Å²) in [6, 6.07) is 0. The minimum Gasteiger partial charge on any atom is -0.243 e. The molecule has 0 aromatic rings. The molecule has 48 valence electrons. The normalized spacial score (nSPS) is 26.2. The largest absolute Gasteiger partial charge is 0.243 e. The summed E-state index contributed by atoms with van der Waals surface area (Å²) >= 11 is 3.16. The zero-order valence-electron chi connectivity index (χ0n) is 4.79. The zero-order chi connectivity index (χ0) is 6.04. The van der Waals surface area contributed by atoms with E-state index >= 15 is 0 Å². The van der Waals surface area contributed by atoms with Crippen LogP contribution in [-0.2, 0) is 0 Å². The van der Waals surface area contributed by atoms with Gasteiger partial charge >= 0.3 is 0 Å². The van der Waals surface area contributed by atoms with Gasteiger partial charge in [0.15, 0.2) is 0 Å². The Hall–Kier alpha value is 0.410. The molecule has 1 aliphatic rings. The number of halogens is 2. The first kappa shape index (κ1) is 6.53. The predicted octanol–water partition coefficient (Wildman–Crippen LogP) is 2.66. The van der Waals surface area contributed by atoms with Crippen molar-refractivity contribution in [1.82, 2.24) is 0 Å². The lowest BCUT2D eigenvalue weighted by Crippen LogP contribution is -2.18. The smallest absolute Gasteiger partial charge is 0.120 e. The average Bonchev–Trinajstić information content (AvgIpc) is 2.17. The summed E-state index contributed by atoms with van der Waals surface area (Å²) in [5.41, 5.74) is -0.847. The Balaban J connectivity index is 2.40. The summed E-state index contributed by atoms with van der Waals surface area (Å²) in [5.74, 6) is 0. The summed E-state index contributed by atoms with van der Waals surface area (Å²) in [6.45, 7) is 0. The van der Waals surface area contributed by atoms with Crippen molar-refractivity contribution in [3.05, 3.63) is 0 Å². The molecular formula is C6H10BrF. The molecule has 8 heavy (non-hydrogen) atoms. The molecule has 0 heterocycles. The van der Waals surface area contributed by atoms with Crippen LogP contribution in [0.25, 0.3) is 0 Å². The molecule has 1 fully saturated rings. The lowest BCUT2D eigenvalue weighted by atomic mass is 10.1. The second-order valence-corrected chi connectivity index (χ2v) is 3.05. The lowest BCUT2D eigenvalue weighted by molar-refractivity contribution is 0.208. The van der Waals surface area contributed by atoms with Gasteiger partial charge in [-0.1, -0.05) is 28.8 Å². The number of rotatable bonds is 1. The van der Waals surface area contributed by atoms with Crippen LogP contribution in [-0.4, -0.2) is 11.0 Å². The van der Waals surface area contributed by atoms with Crippen molar-refractivity contribution in [1.29, 1.82) is 0 Å². The first-order valence-electron chi connectivity index (χ1n) is 3.02. The van der Waals surface area contributed by atoms with Gasteiger partial charge in [0, 0.05) is 5.33 Å². The van der Waals surface area contributed by atoms with E-state index in [2.05, 4.69) is 15.9 Å². The van der Waals surface area contributed by atoms with E-state index in [1.165, 1.54) is 0 Å². The van der Waals surface area contributed by atoms with Crippen LogP contribution in [0.15, 0.2) is 0 Å². The maximum atomic E-state index is 13.0. The van der Waals surface area contributed by atoms with Crippen molar-refractivity contribution < 1.29 is 4.39 Å². The molecule has 0 aliphatic heterocycles. The van der Waals surface area contributed by atoms with E-state index in [0.29, 0.717) is 5.33 Å². The van der Waals surface area contributed by atoms with Gasteiger partial charge < -0.3 is 0 Å². The molecule has 0 radical (unpaired) electrons. The third-order valence-electron chi connectivity index (χ3n) is 1.74. The lowest BCUT2D eigenvalue weighted by Gasteiger charge is -2.13. The fourth-order valence-electron chi connectivity index (χ4n) is 1.14. The van der Waals surface area contributed by atoms with Gasteiger partial charge in [-0.2, -0.15) is 0 Å². The van der Waals surface area contributed by atoms with E-state index in [1.807, 2.05) is 0 Å². The number of hydrogen-bond donors (Lipinski definition) is 0. The number of hydrogen-bond acceptors (Lipinski definition) is 0. The Labute approximate surface area is 57.6 Å². The molecule has 0 spiro atoms. The van der Waals surface area contributed by atoms with E-state index in [0.717, 1.165) is 25.7 Å². The highest BCUT2D eigenvalue weighted by Gasteiger charge is 2.31. The Morgan fingerprint density at radius 2 is 1.88 bits per heavy atom. The van der Waals surface area contributed by atoms with Gasteiger partial charge in [-0.3, -0.25) is 0 Å². The van der Waals surface area contributed by atoms with Crippen LogP contribution in [0.5, 0.6) is 0 Å². The molecule has 0 amide bonds. The third kappa shape index (κ3) is 1.22. The summed E-state index contributed by atoms with van der Waals surface area (Å²) in [7, 11) is 0. The van der Waals surface area contributed by atoms with Gasteiger partial charge in [0.25, 0.3) is 0 Å². The molecule has 1 saturated carbocycles. The first-order valence-corrected chi connectivity index (χ1v) is 4.14. The van der Waals surface area contributed by atoms with Crippen LogP contribution in [0.2, 0.25) is 0 Å². The van der Waals surface area contributed by atoms with Gasteiger partial charge in [0.1, 0.15) is 5.67 Å². The highest BCUT2D eigenvalue weighted by atomic mass is 79.9. The van der Waals surface area contributed by atoms with Gasteiger partial charge in [-0.25, -0.2) is 4.39 Å². The van der Waals surface area contributed by atoms with Crippen molar-refractivity contribution in [3.8, 4) is 0 Å². The SMILES string of the molecule is FC1(CBr)CCCC1. The van der Waals surface area contributed by atoms with E-state index in [-0.39, 0.29) is 0 Å². The molecule has 2 heteroatoms. The Morgan fingerprint density at radius 1 is 1.38 bits per heavy atom. The molecule has 0 saturated heterocycles. The highest BCUT2D eigenvalue weighted by molar-refractivity contribution is 9.09. The van der Waals surface area contributed by atoms with Gasteiger partial charge in [0.2, 0.25) is 0 Å². The van der Waals surface area contributed by atoms with E-state index in [1.54, 1.807) is 0 Å². The molecule has 0 N–H and O–H groups in total. The predicted molar refractivity (Wildman–Crippen MR) is 36.1 cm³/mol. The topological polar surface area (TPSA) is 0 Å².